The number of nitrogens with zero attached hydrogens (tertiary/aromatic N) is 2. The SMILES string of the molecule is COc1cc(S(=O)(=O)N2C[C@H]3CC[C@@H](C2)N(C)C3=O)c(OC)cc1C. The fourth-order valence-corrected chi connectivity index (χ4v) is 5.35. The lowest BCUT2D eigenvalue weighted by Crippen LogP contribution is -2.45. The van der Waals surface area contributed by atoms with Crippen molar-refractivity contribution in [1.29, 1.82) is 0 Å². The molecule has 0 N–H and O–H groups in total. The fourth-order valence-electron chi connectivity index (χ4n) is 3.68. The normalized spacial score (nSPS) is 24.3. The van der Waals surface area contributed by atoms with Gasteiger partial charge in [0.2, 0.25) is 15.9 Å². The zero-order valence-electron chi connectivity index (χ0n) is 15.0. The van der Waals surface area contributed by atoms with E-state index in [2.05, 4.69) is 0 Å². The van der Waals surface area contributed by atoms with E-state index in [1.807, 2.05) is 6.92 Å². The molecular weight excluding hydrogens is 344 g/mol. The van der Waals surface area contributed by atoms with Gasteiger partial charge in [0.05, 0.1) is 20.1 Å². The minimum absolute atomic E-state index is 0.0300. The second kappa shape index (κ2) is 6.49. The van der Waals surface area contributed by atoms with E-state index in [1.165, 1.54) is 24.6 Å². The summed E-state index contributed by atoms with van der Waals surface area (Å²) in [6.45, 7) is 2.35. The van der Waals surface area contributed by atoms with Gasteiger partial charge in [0.1, 0.15) is 16.4 Å². The minimum Gasteiger partial charge on any atom is -0.496 e. The van der Waals surface area contributed by atoms with Crippen molar-refractivity contribution in [2.45, 2.75) is 30.7 Å². The van der Waals surface area contributed by atoms with Gasteiger partial charge in [0.15, 0.2) is 0 Å². The number of ether oxygens (including phenoxy) is 2. The molecule has 1 amide bonds. The van der Waals surface area contributed by atoms with Crippen molar-refractivity contribution in [3.05, 3.63) is 17.7 Å². The highest BCUT2D eigenvalue weighted by Gasteiger charge is 2.43. The van der Waals surface area contributed by atoms with Crippen molar-refractivity contribution >= 4 is 15.9 Å². The van der Waals surface area contributed by atoms with Crippen LogP contribution in [0.2, 0.25) is 0 Å². The number of hydrogen-bond acceptors (Lipinski definition) is 5. The third-order valence-corrected chi connectivity index (χ3v) is 7.08. The van der Waals surface area contributed by atoms with Crippen LogP contribution in [0.15, 0.2) is 17.0 Å². The second-order valence-corrected chi connectivity index (χ2v) is 8.58. The molecule has 3 heterocycles. The van der Waals surface area contributed by atoms with Crippen LogP contribution in [0.25, 0.3) is 0 Å². The van der Waals surface area contributed by atoms with E-state index in [4.69, 9.17) is 9.47 Å². The van der Waals surface area contributed by atoms with Crippen LogP contribution in [-0.4, -0.2) is 63.9 Å². The Morgan fingerprint density at radius 3 is 2.40 bits per heavy atom. The number of likely N-dealkylation sites (N-methyl/N-ethyl adjacent to an activating group) is 1. The number of fused-ring (bicyclic) bond motifs is 4. The predicted octanol–water partition coefficient (Wildman–Crippen LogP) is 1.25. The topological polar surface area (TPSA) is 76.2 Å². The van der Waals surface area contributed by atoms with Gasteiger partial charge in [-0.1, -0.05) is 0 Å². The van der Waals surface area contributed by atoms with Crippen molar-refractivity contribution < 1.29 is 22.7 Å². The number of carbonyl (C=O) groups excluding carboxylic acids is 1. The standard InChI is InChI=1S/C17H24N2O5S/c1-11-7-15(24-4)16(8-14(11)23-3)25(21,22)19-9-12-5-6-13(10-19)18(2)17(12)20/h7-8,12-13H,5-6,9-10H2,1-4H3/t12-,13+/m1/s1. The first kappa shape index (κ1) is 18.0. The molecule has 3 aliphatic rings. The maximum absolute atomic E-state index is 13.3. The lowest BCUT2D eigenvalue weighted by atomic mass is 9.95. The van der Waals surface area contributed by atoms with Gasteiger partial charge < -0.3 is 14.4 Å². The first-order valence-corrected chi connectivity index (χ1v) is 9.73. The first-order chi connectivity index (χ1) is 11.8. The minimum atomic E-state index is -3.80. The molecule has 2 bridgehead atoms. The predicted molar refractivity (Wildman–Crippen MR) is 92.3 cm³/mol. The molecule has 7 nitrogen and oxygen atoms in total. The quantitative estimate of drug-likeness (QED) is 0.800. The number of carbonyl (C=O) groups is 1. The number of hydrogen-bond donors (Lipinski definition) is 0. The third kappa shape index (κ3) is 2.97. The van der Waals surface area contributed by atoms with E-state index < -0.39 is 10.0 Å². The molecule has 25 heavy (non-hydrogen) atoms. The highest BCUT2D eigenvalue weighted by molar-refractivity contribution is 7.89. The van der Waals surface area contributed by atoms with E-state index in [-0.39, 0.29) is 35.1 Å². The summed E-state index contributed by atoms with van der Waals surface area (Å²) in [6.07, 6.45) is 1.56. The summed E-state index contributed by atoms with van der Waals surface area (Å²) in [5.41, 5.74) is 0.796. The van der Waals surface area contributed by atoms with Crippen LogP contribution < -0.4 is 9.47 Å². The fraction of sp³-hybridized carbons (Fsp3) is 0.588. The van der Waals surface area contributed by atoms with Crippen molar-refractivity contribution in [3.63, 3.8) is 0 Å². The van der Waals surface area contributed by atoms with E-state index in [1.54, 1.807) is 18.0 Å². The van der Waals surface area contributed by atoms with Crippen molar-refractivity contribution in [1.82, 2.24) is 9.21 Å². The Balaban J connectivity index is 2.04. The zero-order chi connectivity index (χ0) is 18.4. The Bertz CT molecular complexity index is 792. The summed E-state index contributed by atoms with van der Waals surface area (Å²) in [5.74, 6) is 0.527. The van der Waals surface area contributed by atoms with Gasteiger partial charge in [-0.15, -0.1) is 0 Å². The molecular formula is C17H24N2O5S. The van der Waals surface area contributed by atoms with Gasteiger partial charge >= 0.3 is 0 Å². The Kier molecular flexibility index (Phi) is 4.68. The molecule has 138 valence electrons. The highest BCUT2D eigenvalue weighted by Crippen LogP contribution is 2.36. The Hall–Kier alpha value is -1.80. The van der Waals surface area contributed by atoms with Crippen molar-refractivity contribution in [3.8, 4) is 11.5 Å². The molecule has 1 aromatic rings. The third-order valence-electron chi connectivity index (χ3n) is 5.23. The van der Waals surface area contributed by atoms with Gasteiger partial charge in [0.25, 0.3) is 0 Å². The molecule has 0 radical (unpaired) electrons. The number of amides is 1. The van der Waals surface area contributed by atoms with E-state index in [0.29, 0.717) is 12.3 Å². The molecule has 0 aliphatic carbocycles. The number of aryl methyl sites for hydroxylation is 1. The lowest BCUT2D eigenvalue weighted by Gasteiger charge is -2.32. The Labute approximate surface area is 148 Å². The second-order valence-electron chi connectivity index (χ2n) is 6.67. The van der Waals surface area contributed by atoms with Crippen LogP contribution in [0.3, 0.4) is 0 Å². The Morgan fingerprint density at radius 2 is 1.76 bits per heavy atom. The molecule has 0 unspecified atom stereocenters. The van der Waals surface area contributed by atoms with Gasteiger partial charge in [0, 0.05) is 32.2 Å². The van der Waals surface area contributed by atoms with Gasteiger partial charge in [-0.05, 0) is 31.4 Å². The van der Waals surface area contributed by atoms with Crippen LogP contribution >= 0.6 is 0 Å². The summed E-state index contributed by atoms with van der Waals surface area (Å²) in [7, 11) is 0.907. The summed E-state index contributed by atoms with van der Waals surface area (Å²) in [4.78, 5) is 14.1. The van der Waals surface area contributed by atoms with E-state index in [0.717, 1.165) is 18.4 Å². The van der Waals surface area contributed by atoms with Gasteiger partial charge in [-0.3, -0.25) is 4.79 Å². The Morgan fingerprint density at radius 1 is 1.08 bits per heavy atom. The molecule has 4 rings (SSSR count). The molecule has 8 heteroatoms. The number of methoxy groups -OCH3 is 2. The molecule has 2 atom stereocenters. The molecule has 3 aliphatic heterocycles. The number of rotatable bonds is 4. The number of sulfonamides is 1. The van der Waals surface area contributed by atoms with Crippen LogP contribution in [0.4, 0.5) is 0 Å². The average molecular weight is 368 g/mol. The molecule has 1 aromatic carbocycles. The van der Waals surface area contributed by atoms with Crippen LogP contribution in [-0.2, 0) is 14.8 Å². The summed E-state index contributed by atoms with van der Waals surface area (Å²) in [6, 6.07) is 3.08. The average Bonchev–Trinajstić information content (AvgIpc) is 2.88. The first-order valence-electron chi connectivity index (χ1n) is 8.29. The number of benzene rings is 1. The summed E-state index contributed by atoms with van der Waals surface area (Å²) < 4.78 is 38.6. The lowest BCUT2D eigenvalue weighted by molar-refractivity contribution is -0.138. The molecule has 0 saturated carbocycles. The maximum atomic E-state index is 13.3. The highest BCUT2D eigenvalue weighted by atomic mass is 32.2. The van der Waals surface area contributed by atoms with Crippen LogP contribution in [0, 0.1) is 12.8 Å². The van der Waals surface area contributed by atoms with Crippen LogP contribution in [0.5, 0.6) is 11.5 Å². The largest absolute Gasteiger partial charge is 0.496 e. The monoisotopic (exact) mass is 368 g/mol. The molecule has 0 spiro atoms. The maximum Gasteiger partial charge on any atom is 0.246 e. The van der Waals surface area contributed by atoms with E-state index >= 15 is 0 Å². The van der Waals surface area contributed by atoms with Crippen molar-refractivity contribution in [2.24, 2.45) is 5.92 Å². The zero-order valence-corrected chi connectivity index (χ0v) is 15.8. The molecule has 0 aromatic heterocycles. The molecule has 3 fully saturated rings. The number of piperidine rings is 1. The summed E-state index contributed by atoms with van der Waals surface area (Å²) >= 11 is 0. The van der Waals surface area contributed by atoms with E-state index in [9.17, 15) is 13.2 Å². The van der Waals surface area contributed by atoms with Crippen molar-refractivity contribution in [2.75, 3.05) is 34.4 Å². The van der Waals surface area contributed by atoms with Gasteiger partial charge in [-0.2, -0.15) is 4.31 Å². The molecule has 3 saturated heterocycles. The smallest absolute Gasteiger partial charge is 0.246 e. The van der Waals surface area contributed by atoms with Gasteiger partial charge in [-0.25, -0.2) is 8.42 Å². The van der Waals surface area contributed by atoms with Crippen LogP contribution in [0.1, 0.15) is 18.4 Å². The summed E-state index contributed by atoms with van der Waals surface area (Å²) in [5, 5.41) is 0.